The molecule has 0 spiro atoms. The molecule has 92 valence electrons. The van der Waals surface area contributed by atoms with Gasteiger partial charge in [0.1, 0.15) is 0 Å². The largest absolute Gasteiger partial charge is 0.385 e. The number of hydrogen-bond donors (Lipinski definition) is 1. The Balaban J connectivity index is 2.59. The molecule has 1 rings (SSSR count). The number of nitrogens with one attached hydrogen (secondary N) is 1. The maximum Gasteiger partial charge on any atom is 0.0756 e. The van der Waals surface area contributed by atoms with Gasteiger partial charge in [-0.3, -0.25) is 0 Å². The molecule has 0 aliphatic heterocycles. The molecule has 1 heterocycles. The minimum Gasteiger partial charge on any atom is -0.385 e. The first-order chi connectivity index (χ1) is 7.83. The fourth-order valence-corrected chi connectivity index (χ4v) is 1.79. The maximum atomic E-state index is 5.07. The Morgan fingerprint density at radius 2 is 2.38 bits per heavy atom. The highest BCUT2D eigenvalue weighted by molar-refractivity contribution is 5.01. The Bertz CT molecular complexity index is 287. The van der Waals surface area contributed by atoms with Gasteiger partial charge in [-0.25, -0.2) is 4.68 Å². The summed E-state index contributed by atoms with van der Waals surface area (Å²) < 4.78 is 7.05. The minimum absolute atomic E-state index is 0.316. The topological polar surface area (TPSA) is 52.0 Å². The standard InChI is InChI=1S/C11H22N4O/c1-4-7-15-11(9-13-14-15)10(12-2)6-5-8-16-3/h9-10,12H,4-8H2,1-3H3. The van der Waals surface area contributed by atoms with Gasteiger partial charge in [-0.15, -0.1) is 5.10 Å². The molecule has 0 aromatic carbocycles. The second-order valence-electron chi connectivity index (χ2n) is 3.86. The fourth-order valence-electron chi connectivity index (χ4n) is 1.79. The number of ether oxygens (including phenoxy) is 1. The lowest BCUT2D eigenvalue weighted by Crippen LogP contribution is -2.21. The van der Waals surface area contributed by atoms with Crippen LogP contribution in [0.15, 0.2) is 6.20 Å². The van der Waals surface area contributed by atoms with E-state index in [9.17, 15) is 0 Å². The second-order valence-corrected chi connectivity index (χ2v) is 3.86. The number of hydrogen-bond acceptors (Lipinski definition) is 4. The lowest BCUT2D eigenvalue weighted by Gasteiger charge is -2.16. The highest BCUT2D eigenvalue weighted by Gasteiger charge is 2.14. The van der Waals surface area contributed by atoms with Crippen molar-refractivity contribution in [2.75, 3.05) is 20.8 Å². The van der Waals surface area contributed by atoms with Crippen molar-refractivity contribution in [3.05, 3.63) is 11.9 Å². The highest BCUT2D eigenvalue weighted by atomic mass is 16.5. The summed E-state index contributed by atoms with van der Waals surface area (Å²) in [4.78, 5) is 0. The van der Waals surface area contributed by atoms with Gasteiger partial charge in [-0.1, -0.05) is 12.1 Å². The third kappa shape index (κ3) is 3.57. The average Bonchev–Trinajstić information content (AvgIpc) is 2.73. The first-order valence-corrected chi connectivity index (χ1v) is 5.88. The molecule has 0 aliphatic rings. The van der Waals surface area contributed by atoms with Gasteiger partial charge in [-0.2, -0.15) is 0 Å². The van der Waals surface area contributed by atoms with Crippen LogP contribution in [0.3, 0.4) is 0 Å². The predicted molar refractivity (Wildman–Crippen MR) is 63.2 cm³/mol. The summed E-state index contributed by atoms with van der Waals surface area (Å²) in [5.74, 6) is 0. The van der Waals surface area contributed by atoms with Crippen LogP contribution in [0.4, 0.5) is 0 Å². The molecule has 1 atom stereocenters. The van der Waals surface area contributed by atoms with Crippen LogP contribution in [-0.2, 0) is 11.3 Å². The van der Waals surface area contributed by atoms with Gasteiger partial charge in [0.05, 0.1) is 17.9 Å². The van der Waals surface area contributed by atoms with Crippen LogP contribution in [-0.4, -0.2) is 35.8 Å². The third-order valence-corrected chi connectivity index (χ3v) is 2.63. The first-order valence-electron chi connectivity index (χ1n) is 5.88. The Labute approximate surface area is 97.2 Å². The van der Waals surface area contributed by atoms with E-state index in [2.05, 4.69) is 22.6 Å². The fraction of sp³-hybridized carbons (Fsp3) is 0.818. The SMILES string of the molecule is CCCn1nncc1C(CCCOC)NC. The van der Waals surface area contributed by atoms with Gasteiger partial charge < -0.3 is 10.1 Å². The van der Waals surface area contributed by atoms with Crippen molar-refractivity contribution < 1.29 is 4.74 Å². The van der Waals surface area contributed by atoms with E-state index in [1.54, 1.807) is 7.11 Å². The molecular weight excluding hydrogens is 204 g/mol. The van der Waals surface area contributed by atoms with Crippen LogP contribution in [0.5, 0.6) is 0 Å². The summed E-state index contributed by atoms with van der Waals surface area (Å²) in [5.41, 5.74) is 1.17. The molecule has 1 N–H and O–H groups in total. The lowest BCUT2D eigenvalue weighted by atomic mass is 10.1. The summed E-state index contributed by atoms with van der Waals surface area (Å²) in [7, 11) is 3.71. The van der Waals surface area contributed by atoms with E-state index in [0.29, 0.717) is 6.04 Å². The van der Waals surface area contributed by atoms with Gasteiger partial charge in [-0.05, 0) is 26.3 Å². The van der Waals surface area contributed by atoms with Crippen LogP contribution < -0.4 is 5.32 Å². The molecule has 5 nitrogen and oxygen atoms in total. The van der Waals surface area contributed by atoms with Gasteiger partial charge >= 0.3 is 0 Å². The molecule has 0 saturated carbocycles. The van der Waals surface area contributed by atoms with E-state index in [4.69, 9.17) is 4.74 Å². The first kappa shape index (κ1) is 13.1. The molecule has 16 heavy (non-hydrogen) atoms. The number of aromatic nitrogens is 3. The van der Waals surface area contributed by atoms with Gasteiger partial charge in [0.2, 0.25) is 0 Å². The van der Waals surface area contributed by atoms with E-state index in [-0.39, 0.29) is 0 Å². The van der Waals surface area contributed by atoms with Crippen molar-refractivity contribution in [2.24, 2.45) is 0 Å². The summed E-state index contributed by atoms with van der Waals surface area (Å²) in [6.45, 7) is 3.87. The highest BCUT2D eigenvalue weighted by Crippen LogP contribution is 2.17. The van der Waals surface area contributed by atoms with E-state index in [0.717, 1.165) is 32.4 Å². The monoisotopic (exact) mass is 226 g/mol. The summed E-state index contributed by atoms with van der Waals surface area (Å²) in [5, 5.41) is 11.4. The Hall–Kier alpha value is -0.940. The Kier molecular flexibility index (Phi) is 6.03. The summed E-state index contributed by atoms with van der Waals surface area (Å²) >= 11 is 0. The Morgan fingerprint density at radius 3 is 3.00 bits per heavy atom. The molecule has 5 heteroatoms. The van der Waals surface area contributed by atoms with Crippen LogP contribution in [0.25, 0.3) is 0 Å². The number of nitrogens with zero attached hydrogens (tertiary/aromatic N) is 3. The quantitative estimate of drug-likeness (QED) is 0.680. The molecule has 0 fully saturated rings. The van der Waals surface area contributed by atoms with E-state index in [1.807, 2.05) is 17.9 Å². The van der Waals surface area contributed by atoms with Crippen LogP contribution in [0.2, 0.25) is 0 Å². The van der Waals surface area contributed by atoms with Crippen molar-refractivity contribution in [1.29, 1.82) is 0 Å². The molecule has 1 unspecified atom stereocenters. The molecule has 0 radical (unpaired) electrons. The summed E-state index contributed by atoms with van der Waals surface area (Å²) in [6.07, 6.45) is 5.01. The van der Waals surface area contributed by atoms with Crippen molar-refractivity contribution in [3.8, 4) is 0 Å². The van der Waals surface area contributed by atoms with Crippen molar-refractivity contribution in [3.63, 3.8) is 0 Å². The molecule has 0 amide bonds. The maximum absolute atomic E-state index is 5.07. The lowest BCUT2D eigenvalue weighted by molar-refractivity contribution is 0.188. The average molecular weight is 226 g/mol. The van der Waals surface area contributed by atoms with E-state index >= 15 is 0 Å². The van der Waals surface area contributed by atoms with E-state index in [1.165, 1.54) is 5.69 Å². The van der Waals surface area contributed by atoms with Gasteiger partial charge in [0.15, 0.2) is 0 Å². The normalized spacial score (nSPS) is 12.9. The van der Waals surface area contributed by atoms with Crippen molar-refractivity contribution >= 4 is 0 Å². The van der Waals surface area contributed by atoms with Crippen LogP contribution in [0.1, 0.15) is 37.9 Å². The molecule has 0 bridgehead atoms. The smallest absolute Gasteiger partial charge is 0.0756 e. The van der Waals surface area contributed by atoms with Gasteiger partial charge in [0.25, 0.3) is 0 Å². The number of aryl methyl sites for hydroxylation is 1. The molecular formula is C11H22N4O. The number of methoxy groups -OCH3 is 1. The minimum atomic E-state index is 0.316. The van der Waals surface area contributed by atoms with Crippen LogP contribution >= 0.6 is 0 Å². The zero-order chi connectivity index (χ0) is 11.8. The zero-order valence-electron chi connectivity index (χ0n) is 10.4. The van der Waals surface area contributed by atoms with Crippen molar-refractivity contribution in [1.82, 2.24) is 20.3 Å². The predicted octanol–water partition coefficient (Wildman–Crippen LogP) is 1.38. The van der Waals surface area contributed by atoms with Gasteiger partial charge in [0, 0.05) is 20.3 Å². The van der Waals surface area contributed by atoms with Crippen molar-refractivity contribution in [2.45, 2.75) is 38.8 Å². The third-order valence-electron chi connectivity index (χ3n) is 2.63. The number of rotatable bonds is 8. The zero-order valence-corrected chi connectivity index (χ0v) is 10.4. The molecule has 1 aromatic heterocycles. The van der Waals surface area contributed by atoms with E-state index < -0.39 is 0 Å². The second kappa shape index (κ2) is 7.35. The van der Waals surface area contributed by atoms with Crippen LogP contribution in [0, 0.1) is 0 Å². The molecule has 0 aliphatic carbocycles. The summed E-state index contributed by atoms with van der Waals surface area (Å²) in [6, 6.07) is 0.316. The molecule has 0 saturated heterocycles. The Morgan fingerprint density at radius 1 is 1.56 bits per heavy atom. The molecule has 1 aromatic rings.